The Morgan fingerprint density at radius 1 is 0.957 bits per heavy atom. The van der Waals surface area contributed by atoms with Crippen LogP contribution in [0.1, 0.15) is 75.5 Å². The van der Waals surface area contributed by atoms with Gasteiger partial charge in [-0.1, -0.05) is 66.6 Å². The van der Waals surface area contributed by atoms with Gasteiger partial charge in [-0.15, -0.1) is 0 Å². The predicted molar refractivity (Wildman–Crippen MR) is 192 cm³/mol. The standard InChI is InChI=1S/C32H34Cl2N4O2S.C4H10O/c1-18-23(14-28(39)40)30(37-11-8-32(3,4)9-12-37)29(19(2)35-18)21-5-6-22-17-38(10-7-20(22)13-21)31-36-26-15-24(33)25(34)16-27(26)41-31;1-4(2,3)5/h5-6,13,15-16H,7-12,14,17H2,1-4H3,(H,39,40);5H,1-3H3. The highest BCUT2D eigenvalue weighted by Crippen LogP contribution is 2.43. The number of aliphatic hydroxyl groups is 1. The molecule has 1 fully saturated rings. The maximum absolute atomic E-state index is 12.0. The van der Waals surface area contributed by atoms with E-state index in [9.17, 15) is 9.90 Å². The first kappa shape index (κ1) is 34.4. The number of pyridine rings is 1. The van der Waals surface area contributed by atoms with E-state index in [-0.39, 0.29) is 6.42 Å². The molecule has 10 heteroatoms. The number of piperidine rings is 1. The van der Waals surface area contributed by atoms with Crippen LogP contribution in [0.25, 0.3) is 21.3 Å². The van der Waals surface area contributed by atoms with E-state index in [1.807, 2.05) is 19.1 Å². The Kier molecular flexibility index (Phi) is 9.96. The maximum Gasteiger partial charge on any atom is 0.307 e. The molecule has 1 saturated heterocycles. The van der Waals surface area contributed by atoms with Gasteiger partial charge in [-0.3, -0.25) is 9.78 Å². The predicted octanol–water partition coefficient (Wildman–Crippen LogP) is 8.88. The molecule has 4 heterocycles. The minimum atomic E-state index is -0.826. The Bertz CT molecular complexity index is 1720. The highest BCUT2D eigenvalue weighted by molar-refractivity contribution is 7.22. The summed E-state index contributed by atoms with van der Waals surface area (Å²) < 4.78 is 1.03. The van der Waals surface area contributed by atoms with E-state index in [2.05, 4.69) is 48.8 Å². The molecular weight excluding hydrogens is 639 g/mol. The van der Waals surface area contributed by atoms with Gasteiger partial charge in [-0.2, -0.15) is 0 Å². The lowest BCUT2D eigenvalue weighted by Crippen LogP contribution is -2.38. The van der Waals surface area contributed by atoms with Gasteiger partial charge >= 0.3 is 5.97 Å². The Hall–Kier alpha value is -2.91. The van der Waals surface area contributed by atoms with Gasteiger partial charge in [0.05, 0.1) is 38.0 Å². The van der Waals surface area contributed by atoms with E-state index in [4.69, 9.17) is 38.3 Å². The fourth-order valence-corrected chi connectivity index (χ4v) is 7.58. The number of hydrogen-bond donors (Lipinski definition) is 2. The van der Waals surface area contributed by atoms with Crippen LogP contribution in [0.4, 0.5) is 10.8 Å². The van der Waals surface area contributed by atoms with E-state index in [0.717, 1.165) is 94.6 Å². The van der Waals surface area contributed by atoms with Gasteiger partial charge in [0.1, 0.15) is 0 Å². The number of benzene rings is 2. The number of fused-ring (bicyclic) bond motifs is 2. The minimum absolute atomic E-state index is 0.0279. The molecule has 0 atom stereocenters. The highest BCUT2D eigenvalue weighted by Gasteiger charge is 2.31. The average molecular weight is 684 g/mol. The molecule has 4 aromatic rings. The van der Waals surface area contributed by atoms with Crippen molar-refractivity contribution in [3.63, 3.8) is 0 Å². The number of hydrogen-bond acceptors (Lipinski definition) is 7. The first-order chi connectivity index (χ1) is 21.5. The van der Waals surface area contributed by atoms with Crippen molar-refractivity contribution >= 4 is 61.5 Å². The molecule has 0 amide bonds. The molecule has 2 N–H and O–H groups in total. The van der Waals surface area contributed by atoms with Gasteiger partial charge in [-0.25, -0.2) is 4.98 Å². The smallest absolute Gasteiger partial charge is 0.307 e. The Balaban J connectivity index is 0.000000775. The maximum atomic E-state index is 12.0. The third-order valence-corrected chi connectivity index (χ3v) is 10.4. The average Bonchev–Trinajstić information content (AvgIpc) is 3.35. The van der Waals surface area contributed by atoms with Crippen LogP contribution >= 0.6 is 34.5 Å². The van der Waals surface area contributed by atoms with E-state index >= 15 is 0 Å². The molecule has 7 nitrogen and oxygen atoms in total. The number of aryl methyl sites for hydroxylation is 2. The van der Waals surface area contributed by atoms with Gasteiger partial charge in [0, 0.05) is 48.7 Å². The fraction of sp³-hybridized carbons (Fsp3) is 0.472. The monoisotopic (exact) mass is 682 g/mol. The van der Waals surface area contributed by atoms with Gasteiger partial charge < -0.3 is 20.0 Å². The second kappa shape index (κ2) is 13.3. The lowest BCUT2D eigenvalue weighted by Gasteiger charge is -2.40. The molecule has 2 aliphatic rings. The summed E-state index contributed by atoms with van der Waals surface area (Å²) in [6.45, 7) is 17.3. The van der Waals surface area contributed by atoms with Crippen LogP contribution in [0.5, 0.6) is 0 Å². The number of aromatic nitrogens is 2. The lowest BCUT2D eigenvalue weighted by atomic mass is 9.82. The minimum Gasteiger partial charge on any atom is -0.481 e. The number of aliphatic carboxylic acids is 1. The quantitative estimate of drug-likeness (QED) is 0.217. The molecular formula is C36H44Cl2N4O3S. The summed E-state index contributed by atoms with van der Waals surface area (Å²) in [5.41, 5.74) is 9.07. The zero-order valence-corrected chi connectivity index (χ0v) is 30.1. The Morgan fingerprint density at radius 3 is 2.26 bits per heavy atom. The Labute approximate surface area is 286 Å². The van der Waals surface area contributed by atoms with Crippen molar-refractivity contribution < 1.29 is 15.0 Å². The SMILES string of the molecule is CC(C)(C)O.Cc1nc(C)c(-c2ccc3c(c2)CCN(c2nc4cc(Cl)c(Cl)cc4s2)C3)c(N2CCC(C)(C)CC2)c1CC(=O)O. The number of carboxylic acid groups (broad SMARTS) is 1. The van der Waals surface area contributed by atoms with Crippen molar-refractivity contribution in [2.24, 2.45) is 5.41 Å². The van der Waals surface area contributed by atoms with Crippen molar-refractivity contribution in [2.45, 2.75) is 86.3 Å². The van der Waals surface area contributed by atoms with Crippen LogP contribution in [0, 0.1) is 19.3 Å². The van der Waals surface area contributed by atoms with E-state index in [0.29, 0.717) is 15.5 Å². The first-order valence-electron chi connectivity index (χ1n) is 15.8. The summed E-state index contributed by atoms with van der Waals surface area (Å²) in [6, 6.07) is 10.4. The molecule has 0 bridgehead atoms. The summed E-state index contributed by atoms with van der Waals surface area (Å²) in [7, 11) is 0. The van der Waals surface area contributed by atoms with Crippen LogP contribution in [0.3, 0.4) is 0 Å². The second-order valence-electron chi connectivity index (χ2n) is 14.3. The van der Waals surface area contributed by atoms with E-state index < -0.39 is 11.6 Å². The van der Waals surface area contributed by atoms with Crippen LogP contribution in [-0.2, 0) is 24.2 Å². The third kappa shape index (κ3) is 7.96. The number of thiazole rings is 1. The highest BCUT2D eigenvalue weighted by atomic mass is 35.5. The summed E-state index contributed by atoms with van der Waals surface area (Å²) in [4.78, 5) is 26.4. The number of nitrogens with zero attached hydrogens (tertiary/aromatic N) is 4. The van der Waals surface area contributed by atoms with Gasteiger partial charge in [0.15, 0.2) is 5.13 Å². The number of rotatable bonds is 5. The molecule has 2 aromatic heterocycles. The number of carboxylic acids is 1. The van der Waals surface area contributed by atoms with Crippen molar-refractivity contribution in [3.05, 3.63) is 68.5 Å². The van der Waals surface area contributed by atoms with Crippen LogP contribution in [-0.4, -0.2) is 51.4 Å². The number of carbonyl (C=O) groups is 1. The normalized spacial score (nSPS) is 16.2. The van der Waals surface area contributed by atoms with E-state index in [1.54, 1.807) is 32.1 Å². The van der Waals surface area contributed by atoms with Gasteiger partial charge in [-0.05, 0) is 88.1 Å². The lowest BCUT2D eigenvalue weighted by molar-refractivity contribution is -0.136. The summed E-state index contributed by atoms with van der Waals surface area (Å²) in [5.74, 6) is -0.826. The van der Waals surface area contributed by atoms with Gasteiger partial charge in [0.2, 0.25) is 0 Å². The topological polar surface area (TPSA) is 89.8 Å². The number of anilines is 2. The van der Waals surface area contributed by atoms with Crippen molar-refractivity contribution in [3.8, 4) is 11.1 Å². The Morgan fingerprint density at radius 2 is 1.61 bits per heavy atom. The summed E-state index contributed by atoms with van der Waals surface area (Å²) in [6.07, 6.45) is 3.02. The van der Waals surface area contributed by atoms with Crippen molar-refractivity contribution in [1.29, 1.82) is 0 Å². The van der Waals surface area contributed by atoms with Crippen molar-refractivity contribution in [2.75, 3.05) is 29.4 Å². The molecule has 2 aromatic carbocycles. The fourth-order valence-electron chi connectivity index (χ4n) is 6.18. The van der Waals surface area contributed by atoms with Crippen LogP contribution in [0.15, 0.2) is 30.3 Å². The first-order valence-corrected chi connectivity index (χ1v) is 17.4. The van der Waals surface area contributed by atoms with Crippen molar-refractivity contribution in [1.82, 2.24) is 9.97 Å². The van der Waals surface area contributed by atoms with E-state index in [1.165, 1.54) is 11.1 Å². The third-order valence-electron chi connectivity index (χ3n) is 8.61. The molecule has 2 aliphatic heterocycles. The largest absolute Gasteiger partial charge is 0.481 e. The zero-order valence-electron chi connectivity index (χ0n) is 27.8. The molecule has 246 valence electrons. The molecule has 46 heavy (non-hydrogen) atoms. The molecule has 0 spiro atoms. The molecule has 0 aliphatic carbocycles. The second-order valence-corrected chi connectivity index (χ2v) is 16.1. The molecule has 0 radical (unpaired) electrons. The van der Waals surface area contributed by atoms with Crippen LogP contribution in [0.2, 0.25) is 10.0 Å². The summed E-state index contributed by atoms with van der Waals surface area (Å²) >= 11 is 14.1. The number of halogens is 2. The molecule has 6 rings (SSSR count). The van der Waals surface area contributed by atoms with Gasteiger partial charge in [0.25, 0.3) is 0 Å². The zero-order chi connectivity index (χ0) is 33.6. The molecule has 0 saturated carbocycles. The summed E-state index contributed by atoms with van der Waals surface area (Å²) in [5, 5.41) is 20.4. The molecule has 0 unspecified atom stereocenters. The van der Waals surface area contributed by atoms with Crippen LogP contribution < -0.4 is 9.80 Å².